The van der Waals surface area contributed by atoms with E-state index in [2.05, 4.69) is 36.5 Å². The highest BCUT2D eigenvalue weighted by Crippen LogP contribution is 2.32. The molecule has 2 nitrogen and oxygen atoms in total. The fourth-order valence-electron chi connectivity index (χ4n) is 2.29. The third-order valence-corrected chi connectivity index (χ3v) is 3.16. The zero-order valence-electron chi connectivity index (χ0n) is 10.0. The van der Waals surface area contributed by atoms with Gasteiger partial charge in [0, 0.05) is 0 Å². The molecule has 0 radical (unpaired) electrons. The highest BCUT2D eigenvalue weighted by atomic mass is 16.5. The Morgan fingerprint density at radius 1 is 1.25 bits per heavy atom. The van der Waals surface area contributed by atoms with E-state index in [0.717, 1.165) is 31.9 Å². The van der Waals surface area contributed by atoms with Crippen LogP contribution in [0.3, 0.4) is 0 Å². The van der Waals surface area contributed by atoms with Crippen molar-refractivity contribution in [3.63, 3.8) is 0 Å². The van der Waals surface area contributed by atoms with Crippen molar-refractivity contribution in [1.82, 2.24) is 5.32 Å². The maximum Gasteiger partial charge on any atom is 0.122 e. The van der Waals surface area contributed by atoms with Crippen molar-refractivity contribution in [2.24, 2.45) is 0 Å². The first-order valence-electron chi connectivity index (χ1n) is 6.34. The molecule has 0 amide bonds. The first kappa shape index (κ1) is 11.5. The van der Waals surface area contributed by atoms with Gasteiger partial charge in [0.2, 0.25) is 0 Å². The van der Waals surface area contributed by atoms with E-state index in [1.807, 2.05) is 0 Å². The van der Waals surface area contributed by atoms with Crippen LogP contribution in [0.4, 0.5) is 0 Å². The van der Waals surface area contributed by atoms with E-state index < -0.39 is 0 Å². The smallest absolute Gasteiger partial charge is 0.122 e. The summed E-state index contributed by atoms with van der Waals surface area (Å²) in [5.41, 5.74) is 1.40. The molecule has 1 aliphatic rings. The predicted octanol–water partition coefficient (Wildman–Crippen LogP) is 2.94. The number of piperidine rings is 1. The lowest BCUT2D eigenvalue weighted by molar-refractivity contribution is 0.309. The summed E-state index contributed by atoms with van der Waals surface area (Å²) in [6.07, 6.45) is 3.53. The van der Waals surface area contributed by atoms with Crippen LogP contribution in [-0.4, -0.2) is 19.7 Å². The predicted molar refractivity (Wildman–Crippen MR) is 67.1 cm³/mol. The lowest BCUT2D eigenvalue weighted by atomic mass is 9.89. The Balaban J connectivity index is 2.11. The highest BCUT2D eigenvalue weighted by Gasteiger charge is 2.18. The lowest BCUT2D eigenvalue weighted by Gasteiger charge is -2.24. The van der Waals surface area contributed by atoms with Gasteiger partial charge in [-0.15, -0.1) is 0 Å². The average molecular weight is 219 g/mol. The quantitative estimate of drug-likeness (QED) is 0.840. The van der Waals surface area contributed by atoms with Crippen LogP contribution < -0.4 is 10.1 Å². The Kier molecular flexibility index (Phi) is 4.23. The molecular formula is C14H21NO. The van der Waals surface area contributed by atoms with Crippen LogP contribution in [0.1, 0.15) is 37.7 Å². The molecule has 1 fully saturated rings. The Morgan fingerprint density at radius 2 is 2.00 bits per heavy atom. The van der Waals surface area contributed by atoms with Crippen molar-refractivity contribution >= 4 is 0 Å². The summed E-state index contributed by atoms with van der Waals surface area (Å²) in [6.45, 7) is 5.23. The molecule has 0 aromatic heterocycles. The number of rotatable bonds is 4. The standard InChI is InChI=1S/C14H21NO/c1-2-11-16-14-6-4-3-5-13(14)12-7-9-15-10-8-12/h3-6,12,15H,2,7-11H2,1H3. The molecule has 1 aromatic carbocycles. The van der Waals surface area contributed by atoms with E-state index in [4.69, 9.17) is 4.74 Å². The van der Waals surface area contributed by atoms with Crippen molar-refractivity contribution in [3.8, 4) is 5.75 Å². The molecule has 2 heteroatoms. The van der Waals surface area contributed by atoms with Gasteiger partial charge in [-0.05, 0) is 49.9 Å². The van der Waals surface area contributed by atoms with Crippen molar-refractivity contribution in [2.75, 3.05) is 19.7 Å². The van der Waals surface area contributed by atoms with E-state index in [9.17, 15) is 0 Å². The Bertz CT molecular complexity index is 318. The summed E-state index contributed by atoms with van der Waals surface area (Å²) < 4.78 is 5.82. The molecule has 1 heterocycles. The summed E-state index contributed by atoms with van der Waals surface area (Å²) >= 11 is 0. The molecule has 2 rings (SSSR count). The maximum atomic E-state index is 5.82. The maximum absolute atomic E-state index is 5.82. The van der Waals surface area contributed by atoms with Gasteiger partial charge in [-0.3, -0.25) is 0 Å². The second-order valence-electron chi connectivity index (χ2n) is 4.41. The normalized spacial score (nSPS) is 17.3. The van der Waals surface area contributed by atoms with Crippen LogP contribution in [0.2, 0.25) is 0 Å². The minimum Gasteiger partial charge on any atom is -0.493 e. The summed E-state index contributed by atoms with van der Waals surface area (Å²) in [5, 5.41) is 3.41. The van der Waals surface area contributed by atoms with E-state index in [1.165, 1.54) is 18.4 Å². The van der Waals surface area contributed by atoms with Crippen molar-refractivity contribution in [2.45, 2.75) is 32.1 Å². The molecule has 0 unspecified atom stereocenters. The Labute approximate surface area is 98.0 Å². The number of hydrogen-bond acceptors (Lipinski definition) is 2. The van der Waals surface area contributed by atoms with Gasteiger partial charge < -0.3 is 10.1 Å². The molecule has 1 aromatic rings. The van der Waals surface area contributed by atoms with Gasteiger partial charge in [0.25, 0.3) is 0 Å². The first-order valence-corrected chi connectivity index (χ1v) is 6.34. The van der Waals surface area contributed by atoms with Crippen LogP contribution in [0.25, 0.3) is 0 Å². The third-order valence-electron chi connectivity index (χ3n) is 3.16. The SMILES string of the molecule is CCCOc1ccccc1C1CCNCC1. The molecule has 0 saturated carbocycles. The third kappa shape index (κ3) is 2.76. The molecule has 16 heavy (non-hydrogen) atoms. The van der Waals surface area contributed by atoms with E-state index in [0.29, 0.717) is 5.92 Å². The zero-order valence-corrected chi connectivity index (χ0v) is 10.0. The van der Waals surface area contributed by atoms with Crippen LogP contribution >= 0.6 is 0 Å². The molecule has 0 bridgehead atoms. The van der Waals surface area contributed by atoms with Crippen LogP contribution in [0.15, 0.2) is 24.3 Å². The zero-order chi connectivity index (χ0) is 11.2. The largest absolute Gasteiger partial charge is 0.493 e. The minimum absolute atomic E-state index is 0.675. The second kappa shape index (κ2) is 5.90. The number of para-hydroxylation sites is 1. The molecule has 0 spiro atoms. The molecule has 0 atom stereocenters. The summed E-state index contributed by atoms with van der Waals surface area (Å²) in [6, 6.07) is 8.51. The van der Waals surface area contributed by atoms with Gasteiger partial charge in [-0.2, -0.15) is 0 Å². The van der Waals surface area contributed by atoms with Crippen LogP contribution in [-0.2, 0) is 0 Å². The van der Waals surface area contributed by atoms with Crippen molar-refractivity contribution in [3.05, 3.63) is 29.8 Å². The molecule has 88 valence electrons. The second-order valence-corrected chi connectivity index (χ2v) is 4.41. The molecular weight excluding hydrogens is 198 g/mol. The summed E-state index contributed by atoms with van der Waals surface area (Å²) in [4.78, 5) is 0. The fourth-order valence-corrected chi connectivity index (χ4v) is 2.29. The topological polar surface area (TPSA) is 21.3 Å². The molecule has 1 saturated heterocycles. The average Bonchev–Trinajstić information content (AvgIpc) is 2.38. The summed E-state index contributed by atoms with van der Waals surface area (Å²) in [7, 11) is 0. The Hall–Kier alpha value is -1.02. The van der Waals surface area contributed by atoms with Crippen LogP contribution in [0.5, 0.6) is 5.75 Å². The van der Waals surface area contributed by atoms with Crippen LogP contribution in [0, 0.1) is 0 Å². The van der Waals surface area contributed by atoms with Gasteiger partial charge >= 0.3 is 0 Å². The lowest BCUT2D eigenvalue weighted by Crippen LogP contribution is -2.26. The van der Waals surface area contributed by atoms with Gasteiger partial charge in [0.1, 0.15) is 5.75 Å². The van der Waals surface area contributed by atoms with Gasteiger partial charge in [-0.1, -0.05) is 25.1 Å². The number of benzene rings is 1. The van der Waals surface area contributed by atoms with Crippen molar-refractivity contribution in [1.29, 1.82) is 0 Å². The first-order chi connectivity index (χ1) is 7.92. The summed E-state index contributed by atoms with van der Waals surface area (Å²) in [5.74, 6) is 1.77. The van der Waals surface area contributed by atoms with E-state index in [1.54, 1.807) is 0 Å². The molecule has 1 N–H and O–H groups in total. The number of nitrogens with one attached hydrogen (secondary N) is 1. The van der Waals surface area contributed by atoms with Gasteiger partial charge in [0.05, 0.1) is 6.61 Å². The fraction of sp³-hybridized carbons (Fsp3) is 0.571. The number of ether oxygens (including phenoxy) is 1. The van der Waals surface area contributed by atoms with Gasteiger partial charge in [0.15, 0.2) is 0 Å². The number of hydrogen-bond donors (Lipinski definition) is 1. The van der Waals surface area contributed by atoms with Gasteiger partial charge in [-0.25, -0.2) is 0 Å². The van der Waals surface area contributed by atoms with E-state index >= 15 is 0 Å². The monoisotopic (exact) mass is 219 g/mol. The molecule has 0 aliphatic carbocycles. The van der Waals surface area contributed by atoms with E-state index in [-0.39, 0.29) is 0 Å². The minimum atomic E-state index is 0.675. The van der Waals surface area contributed by atoms with Crippen molar-refractivity contribution < 1.29 is 4.74 Å². The highest BCUT2D eigenvalue weighted by molar-refractivity contribution is 5.36. The Morgan fingerprint density at radius 3 is 2.75 bits per heavy atom. The molecule has 1 aliphatic heterocycles.